The van der Waals surface area contributed by atoms with Crippen molar-refractivity contribution in [3.63, 3.8) is 0 Å². The molecular formula is C9H20N. The van der Waals surface area contributed by atoms with Crippen molar-refractivity contribution < 1.29 is 0 Å². The Kier molecular flexibility index (Phi) is 4.71. The third-order valence-electron chi connectivity index (χ3n) is 2.31. The molecule has 2 atom stereocenters. The Bertz CT molecular complexity index is 70.8. The van der Waals surface area contributed by atoms with E-state index in [-0.39, 0.29) is 0 Å². The van der Waals surface area contributed by atoms with Gasteiger partial charge in [0.2, 0.25) is 0 Å². The lowest BCUT2D eigenvalue weighted by Crippen LogP contribution is -2.34. The molecule has 0 saturated heterocycles. The molecule has 2 unspecified atom stereocenters. The van der Waals surface area contributed by atoms with Gasteiger partial charge in [0.25, 0.3) is 0 Å². The minimum atomic E-state index is 0.620. The lowest BCUT2D eigenvalue weighted by molar-refractivity contribution is 0.214. The molecule has 0 N–H and O–H groups in total. The van der Waals surface area contributed by atoms with Gasteiger partial charge in [-0.3, -0.25) is 4.90 Å². The Morgan fingerprint density at radius 2 is 1.40 bits per heavy atom. The predicted octanol–water partition coefficient (Wildman–Crippen LogP) is 2.68. The van der Waals surface area contributed by atoms with Crippen LogP contribution in [0.25, 0.3) is 0 Å². The quantitative estimate of drug-likeness (QED) is 0.583. The van der Waals surface area contributed by atoms with Crippen molar-refractivity contribution in [2.45, 2.75) is 52.6 Å². The molecule has 10 heavy (non-hydrogen) atoms. The predicted molar refractivity (Wildman–Crippen MR) is 46.7 cm³/mol. The number of rotatable bonds is 4. The Morgan fingerprint density at radius 1 is 1.10 bits per heavy atom. The van der Waals surface area contributed by atoms with Crippen LogP contribution in [0.1, 0.15) is 40.5 Å². The van der Waals surface area contributed by atoms with Crippen LogP contribution in [0.2, 0.25) is 0 Å². The van der Waals surface area contributed by atoms with Gasteiger partial charge < -0.3 is 0 Å². The van der Waals surface area contributed by atoms with E-state index in [1.165, 1.54) is 12.8 Å². The fraction of sp³-hybridized carbons (Fsp3) is 0.889. The van der Waals surface area contributed by atoms with E-state index in [4.69, 9.17) is 0 Å². The summed E-state index contributed by atoms with van der Waals surface area (Å²) in [5.74, 6) is 0. The molecule has 1 nitrogen and oxygen atoms in total. The average Bonchev–Trinajstić information content (AvgIpc) is 2.00. The molecule has 0 heterocycles. The molecule has 0 aliphatic carbocycles. The fourth-order valence-electron chi connectivity index (χ4n) is 0.903. The van der Waals surface area contributed by atoms with Crippen molar-refractivity contribution >= 4 is 0 Å². The number of nitrogens with zero attached hydrogens (tertiary/aromatic N) is 1. The van der Waals surface area contributed by atoms with Gasteiger partial charge in [-0.25, -0.2) is 0 Å². The first-order valence-electron chi connectivity index (χ1n) is 4.22. The van der Waals surface area contributed by atoms with Gasteiger partial charge in [-0.2, -0.15) is 0 Å². The first-order chi connectivity index (χ1) is 4.63. The smallest absolute Gasteiger partial charge is 0.0115 e. The van der Waals surface area contributed by atoms with E-state index in [9.17, 15) is 0 Å². The van der Waals surface area contributed by atoms with Crippen molar-refractivity contribution in [2.24, 2.45) is 0 Å². The second-order valence-corrected chi connectivity index (χ2v) is 3.03. The van der Waals surface area contributed by atoms with Gasteiger partial charge in [-0.15, -0.1) is 0 Å². The van der Waals surface area contributed by atoms with Gasteiger partial charge in [0.15, 0.2) is 0 Å². The molecule has 61 valence electrons. The van der Waals surface area contributed by atoms with Crippen LogP contribution in [0.15, 0.2) is 0 Å². The van der Waals surface area contributed by atoms with Gasteiger partial charge in [-0.1, -0.05) is 13.8 Å². The van der Waals surface area contributed by atoms with E-state index in [1.54, 1.807) is 0 Å². The van der Waals surface area contributed by atoms with Crippen LogP contribution in [-0.4, -0.2) is 17.0 Å². The Hall–Kier alpha value is -0.0400. The zero-order valence-electron chi connectivity index (χ0n) is 7.72. The molecule has 1 heteroatoms. The molecule has 0 aliphatic heterocycles. The summed E-state index contributed by atoms with van der Waals surface area (Å²) in [6.07, 6.45) is 2.38. The van der Waals surface area contributed by atoms with Crippen LogP contribution < -0.4 is 0 Å². The molecule has 0 aromatic carbocycles. The zero-order valence-corrected chi connectivity index (χ0v) is 7.72. The second-order valence-electron chi connectivity index (χ2n) is 3.03. The van der Waals surface area contributed by atoms with Gasteiger partial charge in [0.1, 0.15) is 0 Å². The minimum absolute atomic E-state index is 0.620. The third kappa shape index (κ3) is 2.70. The molecule has 0 aromatic heterocycles. The van der Waals surface area contributed by atoms with Crippen LogP contribution in [0.3, 0.4) is 0 Å². The van der Waals surface area contributed by atoms with E-state index >= 15 is 0 Å². The molecule has 0 aliphatic rings. The number of hydrogen-bond donors (Lipinski definition) is 0. The minimum Gasteiger partial charge on any atom is -0.297 e. The van der Waals surface area contributed by atoms with Crippen molar-refractivity contribution in [3.8, 4) is 0 Å². The zero-order chi connectivity index (χ0) is 8.15. The first kappa shape index (κ1) is 9.96. The summed E-state index contributed by atoms with van der Waals surface area (Å²) >= 11 is 0. The van der Waals surface area contributed by atoms with E-state index in [0.29, 0.717) is 12.1 Å². The molecule has 1 radical (unpaired) electrons. The van der Waals surface area contributed by atoms with Crippen molar-refractivity contribution in [1.29, 1.82) is 0 Å². The highest BCUT2D eigenvalue weighted by molar-refractivity contribution is 4.70. The summed E-state index contributed by atoms with van der Waals surface area (Å²) in [5, 5.41) is 0. The maximum atomic E-state index is 4.01. The Balaban J connectivity index is 3.69. The highest BCUT2D eigenvalue weighted by atomic mass is 15.1. The first-order valence-corrected chi connectivity index (χ1v) is 4.22. The molecular weight excluding hydrogens is 122 g/mol. The largest absolute Gasteiger partial charge is 0.297 e. The van der Waals surface area contributed by atoms with Crippen molar-refractivity contribution in [2.75, 3.05) is 0 Å². The van der Waals surface area contributed by atoms with Gasteiger partial charge >= 0.3 is 0 Å². The van der Waals surface area contributed by atoms with Gasteiger partial charge in [-0.05, 0) is 26.7 Å². The standard InChI is InChI=1S/C9H20N/c1-6-8(3)10(5)9(4)7-2/h8-9H,5-7H2,1-4H3. The Labute approximate surface area is 65.4 Å². The molecule has 0 spiro atoms. The topological polar surface area (TPSA) is 3.24 Å². The van der Waals surface area contributed by atoms with E-state index in [2.05, 4.69) is 39.6 Å². The average molecular weight is 142 g/mol. The summed E-state index contributed by atoms with van der Waals surface area (Å²) in [4.78, 5) is 2.19. The van der Waals surface area contributed by atoms with Crippen LogP contribution in [0.4, 0.5) is 0 Å². The Morgan fingerprint density at radius 3 is 1.60 bits per heavy atom. The van der Waals surface area contributed by atoms with Gasteiger partial charge in [0.05, 0.1) is 0 Å². The van der Waals surface area contributed by atoms with Crippen LogP contribution in [0.5, 0.6) is 0 Å². The summed E-state index contributed by atoms with van der Waals surface area (Å²) in [6, 6.07) is 1.24. The molecule has 0 fully saturated rings. The van der Waals surface area contributed by atoms with E-state index in [0.717, 1.165) is 0 Å². The molecule has 0 amide bonds. The molecule has 0 rings (SSSR count). The summed E-state index contributed by atoms with van der Waals surface area (Å²) in [5.41, 5.74) is 0. The van der Waals surface area contributed by atoms with E-state index < -0.39 is 0 Å². The lowest BCUT2D eigenvalue weighted by Gasteiger charge is -2.28. The lowest BCUT2D eigenvalue weighted by atomic mass is 10.1. The second kappa shape index (κ2) is 4.73. The molecule has 0 aromatic rings. The maximum Gasteiger partial charge on any atom is 0.0115 e. The summed E-state index contributed by atoms with van der Waals surface area (Å²) < 4.78 is 0. The van der Waals surface area contributed by atoms with Crippen LogP contribution in [0, 0.1) is 7.05 Å². The van der Waals surface area contributed by atoms with Crippen molar-refractivity contribution in [3.05, 3.63) is 7.05 Å². The van der Waals surface area contributed by atoms with Crippen molar-refractivity contribution in [1.82, 2.24) is 4.90 Å². The third-order valence-corrected chi connectivity index (χ3v) is 2.31. The molecule has 0 bridgehead atoms. The molecule has 0 saturated carbocycles. The monoisotopic (exact) mass is 142 g/mol. The number of hydrogen-bond acceptors (Lipinski definition) is 1. The van der Waals surface area contributed by atoms with Crippen LogP contribution in [-0.2, 0) is 0 Å². The van der Waals surface area contributed by atoms with Gasteiger partial charge in [0, 0.05) is 19.1 Å². The maximum absolute atomic E-state index is 4.01. The SMILES string of the molecule is [CH2]N(C(C)CC)C(C)CC. The van der Waals surface area contributed by atoms with E-state index in [1.807, 2.05) is 0 Å². The summed E-state index contributed by atoms with van der Waals surface area (Å²) in [7, 11) is 4.01. The normalized spacial score (nSPS) is 17.4. The highest BCUT2D eigenvalue weighted by Gasteiger charge is 2.11. The summed E-state index contributed by atoms with van der Waals surface area (Å²) in [6.45, 7) is 8.84. The fourth-order valence-corrected chi connectivity index (χ4v) is 0.903. The highest BCUT2D eigenvalue weighted by Crippen LogP contribution is 2.08. The van der Waals surface area contributed by atoms with Crippen LogP contribution >= 0.6 is 0 Å².